The third kappa shape index (κ3) is 4.35. The SMILES string of the molecule is Cc1c(C(=O)NCc2ccccc2CN2CCOCC2)oc2c1C(=O)CC(C)(C)C2. The van der Waals surface area contributed by atoms with Crippen molar-refractivity contribution in [2.24, 2.45) is 5.41 Å². The molecule has 0 spiro atoms. The van der Waals surface area contributed by atoms with Crippen LogP contribution in [0, 0.1) is 12.3 Å². The topological polar surface area (TPSA) is 71.8 Å². The van der Waals surface area contributed by atoms with Crippen LogP contribution < -0.4 is 5.32 Å². The van der Waals surface area contributed by atoms with Crippen molar-refractivity contribution in [1.29, 1.82) is 0 Å². The molecule has 0 atom stereocenters. The van der Waals surface area contributed by atoms with Gasteiger partial charge in [0.05, 0.1) is 18.8 Å². The predicted molar refractivity (Wildman–Crippen MR) is 114 cm³/mol. The van der Waals surface area contributed by atoms with E-state index < -0.39 is 0 Å². The Labute approximate surface area is 177 Å². The van der Waals surface area contributed by atoms with Gasteiger partial charge in [0.15, 0.2) is 11.5 Å². The van der Waals surface area contributed by atoms with Gasteiger partial charge in [-0.2, -0.15) is 0 Å². The van der Waals surface area contributed by atoms with Crippen molar-refractivity contribution in [2.75, 3.05) is 26.3 Å². The lowest BCUT2D eigenvalue weighted by Gasteiger charge is -2.27. The molecule has 6 nitrogen and oxygen atoms in total. The summed E-state index contributed by atoms with van der Waals surface area (Å²) < 4.78 is 11.3. The fourth-order valence-electron chi connectivity index (χ4n) is 4.44. The summed E-state index contributed by atoms with van der Waals surface area (Å²) >= 11 is 0. The molecule has 4 rings (SSSR count). The van der Waals surface area contributed by atoms with Gasteiger partial charge in [0.25, 0.3) is 5.91 Å². The Morgan fingerprint density at radius 3 is 2.57 bits per heavy atom. The van der Waals surface area contributed by atoms with E-state index >= 15 is 0 Å². The van der Waals surface area contributed by atoms with Crippen LogP contribution in [0.2, 0.25) is 0 Å². The second-order valence-corrected chi connectivity index (χ2v) is 9.14. The highest BCUT2D eigenvalue weighted by Gasteiger charge is 2.37. The molecular weight excluding hydrogens is 380 g/mol. The number of ketones is 1. The maximum Gasteiger partial charge on any atom is 0.287 e. The quantitative estimate of drug-likeness (QED) is 0.817. The Bertz CT molecular complexity index is 954. The van der Waals surface area contributed by atoms with Gasteiger partial charge in [-0.3, -0.25) is 14.5 Å². The van der Waals surface area contributed by atoms with E-state index in [-0.39, 0.29) is 22.9 Å². The highest BCUT2D eigenvalue weighted by Crippen LogP contribution is 2.38. The number of furan rings is 1. The van der Waals surface area contributed by atoms with E-state index in [1.165, 1.54) is 5.56 Å². The van der Waals surface area contributed by atoms with Crippen LogP contribution in [0.15, 0.2) is 28.7 Å². The van der Waals surface area contributed by atoms with Gasteiger partial charge in [-0.1, -0.05) is 38.1 Å². The van der Waals surface area contributed by atoms with Crippen molar-refractivity contribution in [2.45, 2.75) is 46.7 Å². The smallest absolute Gasteiger partial charge is 0.287 e. The number of benzene rings is 1. The summed E-state index contributed by atoms with van der Waals surface area (Å²) in [5.74, 6) is 0.703. The summed E-state index contributed by atoms with van der Waals surface area (Å²) in [7, 11) is 0. The molecule has 0 bridgehead atoms. The Kier molecular flexibility index (Phi) is 5.80. The van der Waals surface area contributed by atoms with E-state index in [4.69, 9.17) is 9.15 Å². The number of hydrogen-bond acceptors (Lipinski definition) is 5. The van der Waals surface area contributed by atoms with Gasteiger partial charge < -0.3 is 14.5 Å². The number of hydrogen-bond donors (Lipinski definition) is 1. The molecule has 1 aromatic carbocycles. The number of carbonyl (C=O) groups is 2. The average Bonchev–Trinajstić information content (AvgIpc) is 3.03. The molecule has 30 heavy (non-hydrogen) atoms. The Morgan fingerprint density at radius 1 is 1.13 bits per heavy atom. The summed E-state index contributed by atoms with van der Waals surface area (Å²) in [4.78, 5) is 27.8. The van der Waals surface area contributed by atoms with E-state index in [0.29, 0.717) is 36.3 Å². The van der Waals surface area contributed by atoms with Gasteiger partial charge in [0.2, 0.25) is 0 Å². The zero-order chi connectivity index (χ0) is 21.3. The van der Waals surface area contributed by atoms with Crippen molar-refractivity contribution in [3.8, 4) is 0 Å². The number of amides is 1. The molecule has 1 aliphatic heterocycles. The summed E-state index contributed by atoms with van der Waals surface area (Å²) in [5, 5.41) is 2.99. The molecule has 1 aliphatic carbocycles. The summed E-state index contributed by atoms with van der Waals surface area (Å²) in [6.07, 6.45) is 1.15. The minimum atomic E-state index is -0.270. The molecule has 1 N–H and O–H groups in total. The first-order chi connectivity index (χ1) is 14.3. The van der Waals surface area contributed by atoms with Gasteiger partial charge in [-0.15, -0.1) is 0 Å². The lowest BCUT2D eigenvalue weighted by molar-refractivity contribution is 0.0340. The van der Waals surface area contributed by atoms with Gasteiger partial charge in [0, 0.05) is 44.6 Å². The molecule has 2 aliphatic rings. The van der Waals surface area contributed by atoms with Crippen LogP contribution in [0.4, 0.5) is 0 Å². The summed E-state index contributed by atoms with van der Waals surface area (Å²) in [6.45, 7) is 10.5. The Hall–Kier alpha value is -2.44. The number of Topliss-reactive ketones (excluding diaryl/α,β-unsaturated/α-hetero) is 1. The number of morpholine rings is 1. The second kappa shape index (κ2) is 8.36. The third-order valence-corrected chi connectivity index (χ3v) is 6.04. The number of fused-ring (bicyclic) bond motifs is 1. The first-order valence-corrected chi connectivity index (χ1v) is 10.6. The van der Waals surface area contributed by atoms with Crippen LogP contribution in [-0.2, 0) is 24.2 Å². The van der Waals surface area contributed by atoms with Crippen molar-refractivity contribution in [3.05, 3.63) is 58.0 Å². The maximum atomic E-state index is 12.9. The second-order valence-electron chi connectivity index (χ2n) is 9.14. The van der Waals surface area contributed by atoms with E-state index in [1.807, 2.05) is 18.2 Å². The molecular formula is C24H30N2O4. The molecule has 160 valence electrons. The molecule has 1 amide bonds. The minimum absolute atomic E-state index is 0.0670. The zero-order valence-corrected chi connectivity index (χ0v) is 18.0. The number of nitrogens with one attached hydrogen (secondary N) is 1. The maximum absolute atomic E-state index is 12.9. The van der Waals surface area contributed by atoms with E-state index in [0.717, 1.165) is 38.4 Å². The third-order valence-electron chi connectivity index (χ3n) is 6.04. The molecule has 1 fully saturated rings. The first kappa shape index (κ1) is 20.8. The molecule has 1 saturated heterocycles. The van der Waals surface area contributed by atoms with Crippen molar-refractivity contribution in [3.63, 3.8) is 0 Å². The van der Waals surface area contributed by atoms with Crippen LogP contribution in [-0.4, -0.2) is 42.9 Å². The largest absolute Gasteiger partial charge is 0.455 e. The zero-order valence-electron chi connectivity index (χ0n) is 18.0. The normalized spacial score (nSPS) is 18.8. The average molecular weight is 411 g/mol. The molecule has 0 unspecified atom stereocenters. The lowest BCUT2D eigenvalue weighted by Crippen LogP contribution is -2.36. The number of rotatable bonds is 5. The van der Waals surface area contributed by atoms with Gasteiger partial charge >= 0.3 is 0 Å². The van der Waals surface area contributed by atoms with Crippen molar-refractivity contribution >= 4 is 11.7 Å². The number of nitrogens with zero attached hydrogens (tertiary/aromatic N) is 1. The first-order valence-electron chi connectivity index (χ1n) is 10.6. The Morgan fingerprint density at radius 2 is 1.83 bits per heavy atom. The monoisotopic (exact) mass is 410 g/mol. The molecule has 1 aromatic heterocycles. The van der Waals surface area contributed by atoms with Crippen LogP contribution >= 0.6 is 0 Å². The van der Waals surface area contributed by atoms with Crippen LogP contribution in [0.25, 0.3) is 0 Å². The standard InChI is InChI=1S/C24H30N2O4/c1-16-21-19(27)12-24(2,3)13-20(21)30-22(16)23(28)25-14-17-6-4-5-7-18(17)15-26-8-10-29-11-9-26/h4-7H,8-15H2,1-3H3,(H,25,28). The fourth-order valence-corrected chi connectivity index (χ4v) is 4.44. The van der Waals surface area contributed by atoms with Crippen molar-refractivity contribution in [1.82, 2.24) is 10.2 Å². The minimum Gasteiger partial charge on any atom is -0.455 e. The predicted octanol–water partition coefficient (Wildman–Crippen LogP) is 3.51. The van der Waals surface area contributed by atoms with E-state index in [2.05, 4.69) is 30.1 Å². The number of ether oxygens (including phenoxy) is 1. The highest BCUT2D eigenvalue weighted by molar-refractivity contribution is 6.03. The molecule has 0 saturated carbocycles. The summed E-state index contributed by atoms with van der Waals surface area (Å²) in [6, 6.07) is 8.16. The van der Waals surface area contributed by atoms with Crippen LogP contribution in [0.5, 0.6) is 0 Å². The highest BCUT2D eigenvalue weighted by atomic mass is 16.5. The Balaban J connectivity index is 1.47. The van der Waals surface area contributed by atoms with E-state index in [1.54, 1.807) is 6.92 Å². The van der Waals surface area contributed by atoms with Gasteiger partial charge in [0.1, 0.15) is 5.76 Å². The van der Waals surface area contributed by atoms with Crippen LogP contribution in [0.3, 0.4) is 0 Å². The molecule has 2 aromatic rings. The van der Waals surface area contributed by atoms with Gasteiger partial charge in [-0.25, -0.2) is 0 Å². The lowest BCUT2D eigenvalue weighted by atomic mass is 9.76. The van der Waals surface area contributed by atoms with Crippen LogP contribution in [0.1, 0.15) is 63.6 Å². The van der Waals surface area contributed by atoms with Gasteiger partial charge in [-0.05, 0) is 23.5 Å². The van der Waals surface area contributed by atoms with Crippen molar-refractivity contribution < 1.29 is 18.7 Å². The molecule has 2 heterocycles. The summed E-state index contributed by atoms with van der Waals surface area (Å²) in [5.41, 5.74) is 3.41. The number of carbonyl (C=O) groups excluding carboxylic acids is 2. The molecule has 0 radical (unpaired) electrons. The van der Waals surface area contributed by atoms with E-state index in [9.17, 15) is 9.59 Å². The fraction of sp³-hybridized carbons (Fsp3) is 0.500. The molecule has 6 heteroatoms.